The zero-order valence-electron chi connectivity index (χ0n) is 12.3. The molecule has 0 aliphatic rings. The number of hydrogen-bond donors (Lipinski definition) is 1. The second-order valence-corrected chi connectivity index (χ2v) is 6.36. The monoisotopic (exact) mass is 273 g/mol. The van der Waals surface area contributed by atoms with Gasteiger partial charge in [0.1, 0.15) is 0 Å². The maximum Gasteiger partial charge on any atom is 0.0587 e. The molecule has 1 nitrogen and oxygen atoms in total. The topological polar surface area (TPSA) is 12.0 Å². The lowest BCUT2D eigenvalue weighted by Crippen LogP contribution is -2.23. The van der Waals surface area contributed by atoms with Gasteiger partial charge in [-0.25, -0.2) is 0 Å². The summed E-state index contributed by atoms with van der Waals surface area (Å²) >= 11 is 1.83. The molecule has 0 amide bonds. The first kappa shape index (κ1) is 14.3. The SMILES string of the molecule is CCCNC(c1cc(C)cc(C)c1)c1ccsc1C. The molecule has 1 unspecified atom stereocenters. The molecule has 0 radical (unpaired) electrons. The van der Waals surface area contributed by atoms with Crippen LogP contribution in [0.3, 0.4) is 0 Å². The van der Waals surface area contributed by atoms with Gasteiger partial charge in [-0.1, -0.05) is 36.2 Å². The van der Waals surface area contributed by atoms with Gasteiger partial charge in [-0.05, 0) is 56.3 Å². The zero-order valence-corrected chi connectivity index (χ0v) is 13.1. The van der Waals surface area contributed by atoms with Crippen LogP contribution in [0.1, 0.15) is 46.5 Å². The molecule has 0 spiro atoms. The lowest BCUT2D eigenvalue weighted by Gasteiger charge is -2.20. The van der Waals surface area contributed by atoms with E-state index in [1.807, 2.05) is 11.3 Å². The van der Waals surface area contributed by atoms with Crippen molar-refractivity contribution in [1.82, 2.24) is 5.32 Å². The molecule has 0 aliphatic carbocycles. The maximum absolute atomic E-state index is 3.69. The van der Waals surface area contributed by atoms with Gasteiger partial charge in [0.25, 0.3) is 0 Å². The summed E-state index contributed by atoms with van der Waals surface area (Å²) in [6.45, 7) is 9.82. The van der Waals surface area contributed by atoms with Gasteiger partial charge < -0.3 is 5.32 Å². The molecule has 2 aromatic rings. The van der Waals surface area contributed by atoms with Crippen LogP contribution in [0.5, 0.6) is 0 Å². The Kier molecular flexibility index (Phi) is 4.78. The van der Waals surface area contributed by atoms with Gasteiger partial charge in [0.2, 0.25) is 0 Å². The highest BCUT2D eigenvalue weighted by molar-refractivity contribution is 7.10. The highest BCUT2D eigenvalue weighted by Crippen LogP contribution is 2.29. The minimum atomic E-state index is 0.324. The molecule has 102 valence electrons. The molecule has 2 rings (SSSR count). The van der Waals surface area contributed by atoms with Crippen LogP contribution in [0.25, 0.3) is 0 Å². The molecule has 0 bridgehead atoms. The Morgan fingerprint density at radius 2 is 1.79 bits per heavy atom. The average molecular weight is 273 g/mol. The molecule has 19 heavy (non-hydrogen) atoms. The summed E-state index contributed by atoms with van der Waals surface area (Å²) in [5, 5.41) is 5.88. The van der Waals surface area contributed by atoms with Crippen molar-refractivity contribution in [3.8, 4) is 0 Å². The van der Waals surface area contributed by atoms with Crippen molar-refractivity contribution in [1.29, 1.82) is 0 Å². The molecule has 0 fully saturated rings. The number of aryl methyl sites for hydroxylation is 3. The maximum atomic E-state index is 3.69. The van der Waals surface area contributed by atoms with Crippen molar-refractivity contribution in [3.63, 3.8) is 0 Å². The predicted molar refractivity (Wildman–Crippen MR) is 85.1 cm³/mol. The molecule has 0 saturated heterocycles. The van der Waals surface area contributed by atoms with Crippen molar-refractivity contribution in [2.75, 3.05) is 6.54 Å². The smallest absolute Gasteiger partial charge is 0.0587 e. The molecular formula is C17H23NS. The van der Waals surface area contributed by atoms with Gasteiger partial charge in [-0.15, -0.1) is 11.3 Å². The molecular weight excluding hydrogens is 250 g/mol. The molecule has 1 aromatic heterocycles. The Morgan fingerprint density at radius 1 is 1.11 bits per heavy atom. The van der Waals surface area contributed by atoms with E-state index in [2.05, 4.69) is 62.7 Å². The Labute approximate surface area is 120 Å². The third-order valence-corrected chi connectivity index (χ3v) is 4.25. The lowest BCUT2D eigenvalue weighted by molar-refractivity contribution is 0.597. The second-order valence-electron chi connectivity index (χ2n) is 5.24. The summed E-state index contributed by atoms with van der Waals surface area (Å²) in [5.74, 6) is 0. The highest BCUT2D eigenvalue weighted by Gasteiger charge is 2.16. The van der Waals surface area contributed by atoms with Gasteiger partial charge >= 0.3 is 0 Å². The van der Waals surface area contributed by atoms with Crippen LogP contribution in [0, 0.1) is 20.8 Å². The third kappa shape index (κ3) is 3.46. The summed E-state index contributed by atoms with van der Waals surface area (Å²) in [7, 11) is 0. The van der Waals surface area contributed by atoms with E-state index >= 15 is 0 Å². The first-order valence-corrected chi connectivity index (χ1v) is 7.85. The third-order valence-electron chi connectivity index (χ3n) is 3.39. The standard InChI is InChI=1S/C17H23NS/c1-5-7-18-17(16-6-8-19-14(16)4)15-10-12(2)9-13(3)11-15/h6,8-11,17-18H,5,7H2,1-4H3. The Balaban J connectivity index is 2.39. The fourth-order valence-corrected chi connectivity index (χ4v) is 3.31. The number of nitrogens with one attached hydrogen (secondary N) is 1. The first-order chi connectivity index (χ1) is 9.11. The van der Waals surface area contributed by atoms with Gasteiger partial charge in [-0.2, -0.15) is 0 Å². The largest absolute Gasteiger partial charge is 0.306 e. The minimum Gasteiger partial charge on any atom is -0.306 e. The van der Waals surface area contributed by atoms with Gasteiger partial charge in [0, 0.05) is 4.88 Å². The summed E-state index contributed by atoms with van der Waals surface area (Å²) < 4.78 is 0. The van der Waals surface area contributed by atoms with Crippen LogP contribution < -0.4 is 5.32 Å². The fraction of sp³-hybridized carbons (Fsp3) is 0.412. The van der Waals surface area contributed by atoms with E-state index in [-0.39, 0.29) is 0 Å². The van der Waals surface area contributed by atoms with E-state index in [9.17, 15) is 0 Å². The van der Waals surface area contributed by atoms with E-state index < -0.39 is 0 Å². The Bertz CT molecular complexity index is 522. The summed E-state index contributed by atoms with van der Waals surface area (Å²) in [5.41, 5.74) is 5.48. The van der Waals surface area contributed by atoms with E-state index in [0.717, 1.165) is 13.0 Å². The van der Waals surface area contributed by atoms with Crippen LogP contribution in [0.2, 0.25) is 0 Å². The van der Waals surface area contributed by atoms with Crippen molar-refractivity contribution < 1.29 is 0 Å². The van der Waals surface area contributed by atoms with Crippen molar-refractivity contribution in [3.05, 3.63) is 56.8 Å². The number of rotatable bonds is 5. The Hall–Kier alpha value is -1.12. The normalized spacial score (nSPS) is 12.6. The molecule has 1 N–H and O–H groups in total. The molecule has 1 heterocycles. The molecule has 1 atom stereocenters. The van der Waals surface area contributed by atoms with Crippen molar-refractivity contribution in [2.24, 2.45) is 0 Å². The van der Waals surface area contributed by atoms with Crippen LogP contribution in [0.4, 0.5) is 0 Å². The number of thiophene rings is 1. The van der Waals surface area contributed by atoms with E-state index in [1.165, 1.54) is 27.1 Å². The quantitative estimate of drug-likeness (QED) is 0.828. The predicted octanol–water partition coefficient (Wildman–Crippen LogP) is 4.76. The van der Waals surface area contributed by atoms with Crippen molar-refractivity contribution >= 4 is 11.3 Å². The summed E-state index contributed by atoms with van der Waals surface area (Å²) in [4.78, 5) is 1.41. The lowest BCUT2D eigenvalue weighted by atomic mass is 9.96. The highest BCUT2D eigenvalue weighted by atomic mass is 32.1. The molecule has 0 aliphatic heterocycles. The van der Waals surface area contributed by atoms with E-state index in [4.69, 9.17) is 0 Å². The van der Waals surface area contributed by atoms with Crippen LogP contribution >= 0.6 is 11.3 Å². The second kappa shape index (κ2) is 6.36. The van der Waals surface area contributed by atoms with E-state index in [1.54, 1.807) is 0 Å². The average Bonchev–Trinajstić information content (AvgIpc) is 2.75. The summed E-state index contributed by atoms with van der Waals surface area (Å²) in [6, 6.07) is 9.42. The number of hydrogen-bond acceptors (Lipinski definition) is 2. The molecule has 1 aromatic carbocycles. The van der Waals surface area contributed by atoms with E-state index in [0.29, 0.717) is 6.04 Å². The van der Waals surface area contributed by atoms with Crippen molar-refractivity contribution in [2.45, 2.75) is 40.2 Å². The van der Waals surface area contributed by atoms with Crippen LogP contribution in [0.15, 0.2) is 29.6 Å². The fourth-order valence-electron chi connectivity index (χ4n) is 2.57. The molecule has 0 saturated carbocycles. The first-order valence-electron chi connectivity index (χ1n) is 6.97. The zero-order chi connectivity index (χ0) is 13.8. The van der Waals surface area contributed by atoms with Crippen LogP contribution in [-0.4, -0.2) is 6.54 Å². The van der Waals surface area contributed by atoms with Gasteiger partial charge in [0.05, 0.1) is 6.04 Å². The minimum absolute atomic E-state index is 0.324. The molecule has 2 heteroatoms. The van der Waals surface area contributed by atoms with Gasteiger partial charge in [-0.3, -0.25) is 0 Å². The van der Waals surface area contributed by atoms with Crippen LogP contribution in [-0.2, 0) is 0 Å². The number of benzene rings is 1. The summed E-state index contributed by atoms with van der Waals surface area (Å²) in [6.07, 6.45) is 1.16. The van der Waals surface area contributed by atoms with Gasteiger partial charge in [0.15, 0.2) is 0 Å². The Morgan fingerprint density at radius 3 is 2.32 bits per heavy atom.